The summed E-state index contributed by atoms with van der Waals surface area (Å²) in [7, 11) is 0. The van der Waals surface area contributed by atoms with E-state index >= 15 is 0 Å². The summed E-state index contributed by atoms with van der Waals surface area (Å²) in [6, 6.07) is 22.6. The summed E-state index contributed by atoms with van der Waals surface area (Å²) in [5.41, 5.74) is 9.70. The molecule has 0 aromatic heterocycles. The van der Waals surface area contributed by atoms with Crippen molar-refractivity contribution in [1.29, 1.82) is 0 Å². The van der Waals surface area contributed by atoms with Crippen LogP contribution in [0.4, 0.5) is 5.69 Å². The molecule has 3 aromatic carbocycles. The Morgan fingerprint density at radius 1 is 0.921 bits per heavy atom. The third-order valence-corrected chi connectivity index (χ3v) is 7.33. The number of hydrogen-bond donors (Lipinski definition) is 4. The molecule has 4 rings (SSSR count). The molecule has 38 heavy (non-hydrogen) atoms. The fourth-order valence-corrected chi connectivity index (χ4v) is 5.19. The van der Waals surface area contributed by atoms with Crippen LogP contribution in [0.5, 0.6) is 0 Å². The van der Waals surface area contributed by atoms with Gasteiger partial charge in [0.05, 0.1) is 17.3 Å². The highest BCUT2D eigenvalue weighted by Gasteiger charge is 2.27. The van der Waals surface area contributed by atoms with E-state index < -0.39 is 5.97 Å². The molecule has 2 amide bonds. The molecule has 1 saturated carbocycles. The normalized spacial score (nSPS) is 17.8. The van der Waals surface area contributed by atoms with Gasteiger partial charge >= 0.3 is 5.97 Å². The smallest absolute Gasteiger partial charge is 0.337 e. The van der Waals surface area contributed by atoms with Crippen molar-refractivity contribution in [3.63, 3.8) is 0 Å². The highest BCUT2D eigenvalue weighted by Crippen LogP contribution is 2.31. The van der Waals surface area contributed by atoms with Crippen molar-refractivity contribution in [2.75, 3.05) is 11.9 Å². The molecule has 0 bridgehead atoms. The summed E-state index contributed by atoms with van der Waals surface area (Å²) < 4.78 is 0. The second-order valence-corrected chi connectivity index (χ2v) is 10.1. The van der Waals surface area contributed by atoms with Crippen LogP contribution in [0.15, 0.2) is 72.8 Å². The van der Waals surface area contributed by atoms with Crippen LogP contribution in [-0.4, -0.2) is 29.4 Å². The minimum absolute atomic E-state index is 0.0151. The second kappa shape index (κ2) is 12.5. The van der Waals surface area contributed by atoms with Crippen LogP contribution in [0.2, 0.25) is 0 Å². The van der Waals surface area contributed by atoms with E-state index in [1.165, 1.54) is 6.92 Å². The molecule has 0 spiro atoms. The number of carbonyl (C=O) groups is 3. The minimum atomic E-state index is -1.12. The Balaban J connectivity index is 1.62. The van der Waals surface area contributed by atoms with Gasteiger partial charge in [-0.15, -0.1) is 0 Å². The third-order valence-electron chi connectivity index (χ3n) is 7.33. The molecule has 0 saturated heterocycles. The van der Waals surface area contributed by atoms with Crippen molar-refractivity contribution >= 4 is 23.5 Å². The highest BCUT2D eigenvalue weighted by molar-refractivity contribution is 6.01. The average molecular weight is 514 g/mol. The SMILES string of the molecule is CC(=O)Nc1ccc(-c2cccc(C(Cc3ccccc3)NC(=O)C3CCC(CN)CC3)c2)cc1C(=O)O. The number of amides is 2. The Morgan fingerprint density at radius 3 is 2.29 bits per heavy atom. The van der Waals surface area contributed by atoms with E-state index in [2.05, 4.69) is 22.8 Å². The van der Waals surface area contributed by atoms with Gasteiger partial charge in [0.15, 0.2) is 0 Å². The second-order valence-electron chi connectivity index (χ2n) is 10.1. The van der Waals surface area contributed by atoms with E-state index in [-0.39, 0.29) is 35.0 Å². The van der Waals surface area contributed by atoms with Gasteiger partial charge in [0.1, 0.15) is 0 Å². The maximum Gasteiger partial charge on any atom is 0.337 e. The van der Waals surface area contributed by atoms with Crippen LogP contribution < -0.4 is 16.4 Å². The monoisotopic (exact) mass is 513 g/mol. The highest BCUT2D eigenvalue weighted by atomic mass is 16.4. The van der Waals surface area contributed by atoms with E-state index in [9.17, 15) is 19.5 Å². The molecule has 1 fully saturated rings. The predicted octanol–water partition coefficient (Wildman–Crippen LogP) is 5.18. The van der Waals surface area contributed by atoms with Crippen LogP contribution in [0.25, 0.3) is 11.1 Å². The van der Waals surface area contributed by atoms with Crippen LogP contribution in [0.3, 0.4) is 0 Å². The number of nitrogens with two attached hydrogens (primary N) is 1. The van der Waals surface area contributed by atoms with E-state index in [0.29, 0.717) is 24.4 Å². The Hall–Kier alpha value is -3.97. The summed E-state index contributed by atoms with van der Waals surface area (Å²) >= 11 is 0. The molecule has 3 aromatic rings. The van der Waals surface area contributed by atoms with Gasteiger partial charge in [-0.25, -0.2) is 4.79 Å². The first-order valence-corrected chi connectivity index (χ1v) is 13.1. The van der Waals surface area contributed by atoms with Crippen molar-refractivity contribution in [1.82, 2.24) is 5.32 Å². The lowest BCUT2D eigenvalue weighted by Gasteiger charge is -2.29. The van der Waals surface area contributed by atoms with Crippen LogP contribution >= 0.6 is 0 Å². The van der Waals surface area contributed by atoms with E-state index in [0.717, 1.165) is 42.4 Å². The van der Waals surface area contributed by atoms with Crippen molar-refractivity contribution < 1.29 is 19.5 Å². The molecule has 1 atom stereocenters. The van der Waals surface area contributed by atoms with E-state index in [4.69, 9.17) is 5.73 Å². The average Bonchev–Trinajstić information content (AvgIpc) is 2.93. The topological polar surface area (TPSA) is 122 Å². The number of aromatic carboxylic acids is 1. The molecule has 0 heterocycles. The Morgan fingerprint density at radius 2 is 1.63 bits per heavy atom. The molecule has 7 nitrogen and oxygen atoms in total. The molecule has 5 N–H and O–H groups in total. The van der Waals surface area contributed by atoms with Gasteiger partial charge in [0.25, 0.3) is 0 Å². The van der Waals surface area contributed by atoms with Crippen LogP contribution in [-0.2, 0) is 16.0 Å². The summed E-state index contributed by atoms with van der Waals surface area (Å²) in [5.74, 6) is -0.898. The molecular weight excluding hydrogens is 478 g/mol. The van der Waals surface area contributed by atoms with Crippen LogP contribution in [0.1, 0.15) is 60.1 Å². The van der Waals surface area contributed by atoms with Gasteiger partial charge < -0.3 is 21.5 Å². The number of rotatable bonds is 9. The van der Waals surface area contributed by atoms with Gasteiger partial charge in [0.2, 0.25) is 11.8 Å². The van der Waals surface area contributed by atoms with Crippen molar-refractivity contribution in [2.24, 2.45) is 17.6 Å². The molecular formula is C31H35N3O4. The zero-order valence-corrected chi connectivity index (χ0v) is 21.7. The van der Waals surface area contributed by atoms with Gasteiger partial charge in [0, 0.05) is 12.8 Å². The first-order chi connectivity index (χ1) is 18.3. The van der Waals surface area contributed by atoms with E-state index in [1.54, 1.807) is 18.2 Å². The van der Waals surface area contributed by atoms with Crippen molar-refractivity contribution in [3.8, 4) is 11.1 Å². The maximum atomic E-state index is 13.3. The molecule has 1 unspecified atom stereocenters. The zero-order valence-electron chi connectivity index (χ0n) is 21.7. The molecule has 198 valence electrons. The van der Waals surface area contributed by atoms with Gasteiger partial charge in [-0.2, -0.15) is 0 Å². The van der Waals surface area contributed by atoms with E-state index in [1.807, 2.05) is 42.5 Å². The Kier molecular flexibility index (Phi) is 8.92. The van der Waals surface area contributed by atoms with Crippen molar-refractivity contribution in [3.05, 3.63) is 89.5 Å². The summed E-state index contributed by atoms with van der Waals surface area (Å²) in [4.78, 5) is 36.7. The van der Waals surface area contributed by atoms with Gasteiger partial charge in [-0.3, -0.25) is 9.59 Å². The van der Waals surface area contributed by atoms with Gasteiger partial charge in [-0.1, -0.05) is 54.6 Å². The number of carboxylic acid groups (broad SMARTS) is 1. The Labute approximate surface area is 223 Å². The summed E-state index contributed by atoms with van der Waals surface area (Å²) in [6.07, 6.45) is 4.30. The lowest BCUT2D eigenvalue weighted by atomic mass is 9.81. The lowest BCUT2D eigenvalue weighted by Crippen LogP contribution is -2.37. The number of benzene rings is 3. The number of anilines is 1. The molecule has 1 aliphatic rings. The number of hydrogen-bond acceptors (Lipinski definition) is 4. The maximum absolute atomic E-state index is 13.3. The zero-order chi connectivity index (χ0) is 27.1. The first kappa shape index (κ1) is 27.1. The summed E-state index contributed by atoms with van der Waals surface area (Å²) in [6.45, 7) is 2.02. The number of nitrogens with one attached hydrogen (secondary N) is 2. The quantitative estimate of drug-likeness (QED) is 0.314. The first-order valence-electron chi connectivity index (χ1n) is 13.1. The number of carbonyl (C=O) groups excluding carboxylic acids is 2. The van der Waals surface area contributed by atoms with Gasteiger partial charge in [-0.05, 0) is 85.0 Å². The summed E-state index contributed by atoms with van der Waals surface area (Å²) in [5, 5.41) is 15.6. The molecule has 0 radical (unpaired) electrons. The predicted molar refractivity (Wildman–Crippen MR) is 149 cm³/mol. The van der Waals surface area contributed by atoms with Crippen molar-refractivity contribution in [2.45, 2.75) is 45.1 Å². The molecule has 0 aliphatic heterocycles. The minimum Gasteiger partial charge on any atom is -0.478 e. The standard InChI is InChI=1S/C31H35N3O4/c1-20(35)33-28-15-14-25(18-27(28)31(37)38)24-8-5-9-26(17-24)29(16-21-6-3-2-4-7-21)34-30(36)23-12-10-22(19-32)11-13-23/h2-9,14-15,17-18,22-23,29H,10-13,16,19,32H2,1H3,(H,33,35)(H,34,36)(H,37,38). The fourth-order valence-electron chi connectivity index (χ4n) is 5.19. The third kappa shape index (κ3) is 6.86. The van der Waals surface area contributed by atoms with Crippen LogP contribution in [0, 0.1) is 11.8 Å². The Bertz CT molecular complexity index is 1280. The largest absolute Gasteiger partial charge is 0.478 e. The lowest BCUT2D eigenvalue weighted by molar-refractivity contribution is -0.127. The number of carboxylic acids is 1. The molecule has 7 heteroatoms. The fraction of sp³-hybridized carbons (Fsp3) is 0.323. The molecule has 1 aliphatic carbocycles.